The summed E-state index contributed by atoms with van der Waals surface area (Å²) in [5, 5.41) is 3.06. The Balaban J connectivity index is 2.21. The Morgan fingerprint density at radius 2 is 2.11 bits per heavy atom. The van der Waals surface area contributed by atoms with E-state index >= 15 is 0 Å². The number of ether oxygens (including phenoxy) is 1. The quantitative estimate of drug-likeness (QED) is 0.928. The summed E-state index contributed by atoms with van der Waals surface area (Å²) in [7, 11) is 1.88. The van der Waals surface area contributed by atoms with E-state index in [-0.39, 0.29) is 5.75 Å². The Hall–Kier alpha value is -1.46. The van der Waals surface area contributed by atoms with Gasteiger partial charge in [0.2, 0.25) is 5.88 Å². The molecule has 0 saturated heterocycles. The number of benzene rings is 1. The number of hydrogen-bond donors (Lipinski definition) is 1. The first kappa shape index (κ1) is 14.0. The lowest BCUT2D eigenvalue weighted by molar-refractivity contribution is 0.426. The lowest BCUT2D eigenvalue weighted by Crippen LogP contribution is -2.07. The molecule has 1 N–H and O–H groups in total. The minimum atomic E-state index is -0.423. The Morgan fingerprint density at radius 1 is 1.32 bits per heavy atom. The molecule has 19 heavy (non-hydrogen) atoms. The lowest BCUT2D eigenvalue weighted by Gasteiger charge is -2.09. The summed E-state index contributed by atoms with van der Waals surface area (Å²) >= 11 is 3.20. The van der Waals surface area contributed by atoms with Crippen LogP contribution >= 0.6 is 15.9 Å². The van der Waals surface area contributed by atoms with Crippen LogP contribution in [0.2, 0.25) is 0 Å². The fraction of sp³-hybridized carbons (Fsp3) is 0.214. The molecule has 5 heteroatoms. The van der Waals surface area contributed by atoms with Crippen molar-refractivity contribution in [3.63, 3.8) is 0 Å². The Bertz CT molecular complexity index is 590. The minimum absolute atomic E-state index is 0.163. The third kappa shape index (κ3) is 3.52. The average molecular weight is 325 g/mol. The summed E-state index contributed by atoms with van der Waals surface area (Å²) in [5.41, 5.74) is 1.95. The van der Waals surface area contributed by atoms with Gasteiger partial charge in [0.05, 0.1) is 0 Å². The normalized spacial score (nSPS) is 10.5. The first-order chi connectivity index (χ1) is 9.10. The summed E-state index contributed by atoms with van der Waals surface area (Å²) in [5.74, 6) is 0.128. The van der Waals surface area contributed by atoms with Crippen molar-refractivity contribution < 1.29 is 9.13 Å². The van der Waals surface area contributed by atoms with E-state index in [1.807, 2.05) is 20.0 Å². The zero-order valence-corrected chi connectivity index (χ0v) is 12.3. The van der Waals surface area contributed by atoms with Crippen molar-refractivity contribution in [1.29, 1.82) is 0 Å². The smallest absolute Gasteiger partial charge is 0.219 e. The maximum absolute atomic E-state index is 13.6. The number of nitrogens with zero attached hydrogens (tertiary/aromatic N) is 1. The van der Waals surface area contributed by atoms with Crippen LogP contribution in [0.15, 0.2) is 34.8 Å². The highest BCUT2D eigenvalue weighted by atomic mass is 79.9. The standard InChI is InChI=1S/C14H14BrFN2O/c1-9-10(8-17-2)3-6-14(18-9)19-13-5-4-11(15)7-12(13)16/h3-7,17H,8H2,1-2H3. The van der Waals surface area contributed by atoms with Gasteiger partial charge in [-0.1, -0.05) is 22.0 Å². The molecule has 0 radical (unpaired) electrons. The van der Waals surface area contributed by atoms with Crippen molar-refractivity contribution >= 4 is 15.9 Å². The monoisotopic (exact) mass is 324 g/mol. The van der Waals surface area contributed by atoms with Gasteiger partial charge in [-0.15, -0.1) is 0 Å². The summed E-state index contributed by atoms with van der Waals surface area (Å²) in [4.78, 5) is 4.31. The third-order valence-electron chi connectivity index (χ3n) is 2.65. The van der Waals surface area contributed by atoms with Crippen LogP contribution < -0.4 is 10.1 Å². The Kier molecular flexibility index (Phi) is 4.50. The molecule has 3 nitrogen and oxygen atoms in total. The van der Waals surface area contributed by atoms with Crippen LogP contribution in [0.3, 0.4) is 0 Å². The number of aromatic nitrogens is 1. The molecule has 0 unspecified atom stereocenters. The van der Waals surface area contributed by atoms with Crippen LogP contribution in [0, 0.1) is 12.7 Å². The number of rotatable bonds is 4. The zero-order valence-electron chi connectivity index (χ0n) is 10.7. The largest absolute Gasteiger partial charge is 0.436 e. The second-order valence-corrected chi connectivity index (χ2v) is 5.02. The van der Waals surface area contributed by atoms with Crippen LogP contribution in [0.1, 0.15) is 11.3 Å². The molecular weight excluding hydrogens is 311 g/mol. The summed E-state index contributed by atoms with van der Waals surface area (Å²) in [6, 6.07) is 8.31. The third-order valence-corrected chi connectivity index (χ3v) is 3.14. The first-order valence-electron chi connectivity index (χ1n) is 5.84. The van der Waals surface area contributed by atoms with E-state index in [1.54, 1.807) is 18.2 Å². The van der Waals surface area contributed by atoms with Crippen molar-refractivity contribution in [2.24, 2.45) is 0 Å². The molecule has 0 bridgehead atoms. The van der Waals surface area contributed by atoms with E-state index in [1.165, 1.54) is 6.07 Å². The SMILES string of the molecule is CNCc1ccc(Oc2ccc(Br)cc2F)nc1C. The van der Waals surface area contributed by atoms with E-state index in [0.29, 0.717) is 10.4 Å². The van der Waals surface area contributed by atoms with Crippen molar-refractivity contribution in [2.45, 2.75) is 13.5 Å². The van der Waals surface area contributed by atoms with E-state index in [0.717, 1.165) is 17.8 Å². The molecule has 1 aromatic carbocycles. The second kappa shape index (κ2) is 6.12. The van der Waals surface area contributed by atoms with Crippen LogP contribution in [0.25, 0.3) is 0 Å². The van der Waals surface area contributed by atoms with Gasteiger partial charge in [0, 0.05) is 22.8 Å². The molecule has 0 aliphatic heterocycles. The fourth-order valence-corrected chi connectivity index (χ4v) is 2.00. The summed E-state index contributed by atoms with van der Waals surface area (Å²) in [6.45, 7) is 2.64. The van der Waals surface area contributed by atoms with Crippen molar-refractivity contribution in [2.75, 3.05) is 7.05 Å². The van der Waals surface area contributed by atoms with E-state index in [9.17, 15) is 4.39 Å². The molecule has 1 heterocycles. The lowest BCUT2D eigenvalue weighted by atomic mass is 10.2. The molecule has 0 amide bonds. The van der Waals surface area contributed by atoms with Gasteiger partial charge in [-0.25, -0.2) is 9.37 Å². The summed E-state index contributed by atoms with van der Waals surface area (Å²) < 4.78 is 19.8. The predicted molar refractivity (Wildman–Crippen MR) is 75.9 cm³/mol. The van der Waals surface area contributed by atoms with E-state index in [2.05, 4.69) is 26.2 Å². The highest BCUT2D eigenvalue weighted by Gasteiger charge is 2.07. The van der Waals surface area contributed by atoms with Gasteiger partial charge in [-0.3, -0.25) is 0 Å². The topological polar surface area (TPSA) is 34.1 Å². The molecule has 0 atom stereocenters. The summed E-state index contributed by atoms with van der Waals surface area (Å²) in [6.07, 6.45) is 0. The van der Waals surface area contributed by atoms with Gasteiger partial charge in [-0.05, 0) is 37.7 Å². The molecule has 0 aliphatic rings. The van der Waals surface area contributed by atoms with E-state index in [4.69, 9.17) is 4.74 Å². The number of nitrogens with one attached hydrogen (secondary N) is 1. The van der Waals surface area contributed by atoms with Gasteiger partial charge < -0.3 is 10.1 Å². The van der Waals surface area contributed by atoms with Crippen LogP contribution in [0.5, 0.6) is 11.6 Å². The first-order valence-corrected chi connectivity index (χ1v) is 6.63. The fourth-order valence-electron chi connectivity index (χ4n) is 1.67. The molecule has 0 saturated carbocycles. The number of hydrogen-bond acceptors (Lipinski definition) is 3. The second-order valence-electron chi connectivity index (χ2n) is 4.10. The predicted octanol–water partition coefficient (Wildman–Crippen LogP) is 3.80. The van der Waals surface area contributed by atoms with E-state index < -0.39 is 5.82 Å². The molecule has 0 fully saturated rings. The van der Waals surface area contributed by atoms with Crippen molar-refractivity contribution in [3.8, 4) is 11.6 Å². The molecular formula is C14H14BrFN2O. The van der Waals surface area contributed by atoms with Gasteiger partial charge in [0.1, 0.15) is 0 Å². The van der Waals surface area contributed by atoms with Gasteiger partial charge >= 0.3 is 0 Å². The van der Waals surface area contributed by atoms with Crippen LogP contribution in [-0.2, 0) is 6.54 Å². The molecule has 100 valence electrons. The Labute approximate surface area is 119 Å². The molecule has 1 aromatic heterocycles. The average Bonchev–Trinajstić information content (AvgIpc) is 2.36. The molecule has 2 rings (SSSR count). The van der Waals surface area contributed by atoms with Crippen LogP contribution in [0.4, 0.5) is 4.39 Å². The number of halogens is 2. The Morgan fingerprint density at radius 3 is 2.74 bits per heavy atom. The van der Waals surface area contributed by atoms with Crippen LogP contribution in [-0.4, -0.2) is 12.0 Å². The van der Waals surface area contributed by atoms with Gasteiger partial charge in [0.15, 0.2) is 11.6 Å². The van der Waals surface area contributed by atoms with Gasteiger partial charge in [0.25, 0.3) is 0 Å². The van der Waals surface area contributed by atoms with Crippen molar-refractivity contribution in [1.82, 2.24) is 10.3 Å². The maximum Gasteiger partial charge on any atom is 0.219 e. The zero-order chi connectivity index (χ0) is 13.8. The molecule has 0 spiro atoms. The minimum Gasteiger partial charge on any atom is -0.436 e. The highest BCUT2D eigenvalue weighted by molar-refractivity contribution is 9.10. The maximum atomic E-state index is 13.6. The molecule has 2 aromatic rings. The van der Waals surface area contributed by atoms with Gasteiger partial charge in [-0.2, -0.15) is 0 Å². The molecule has 0 aliphatic carbocycles. The highest BCUT2D eigenvalue weighted by Crippen LogP contribution is 2.26. The number of pyridine rings is 1. The van der Waals surface area contributed by atoms with Crippen molar-refractivity contribution in [3.05, 3.63) is 51.9 Å². The number of aryl methyl sites for hydroxylation is 1.